The Morgan fingerprint density at radius 3 is 2.45 bits per heavy atom. The van der Waals surface area contributed by atoms with E-state index in [0.29, 0.717) is 53.3 Å². The Morgan fingerprint density at radius 1 is 1.00 bits per heavy atom. The fourth-order valence-electron chi connectivity index (χ4n) is 2.63. The molecule has 0 fully saturated rings. The van der Waals surface area contributed by atoms with E-state index >= 15 is 0 Å². The van der Waals surface area contributed by atoms with Crippen LogP contribution in [-0.4, -0.2) is 38.2 Å². The third-order valence-corrected chi connectivity index (χ3v) is 4.61. The fourth-order valence-corrected chi connectivity index (χ4v) is 3.10. The maximum absolute atomic E-state index is 11.9. The van der Waals surface area contributed by atoms with E-state index in [2.05, 4.69) is 5.32 Å². The van der Waals surface area contributed by atoms with Gasteiger partial charge in [0.25, 0.3) is 5.91 Å². The third kappa shape index (κ3) is 8.52. The smallest absolute Gasteiger partial charge is 0.331 e. The summed E-state index contributed by atoms with van der Waals surface area (Å²) < 4.78 is 16.1. The molecule has 0 bridgehead atoms. The number of hydrogen-bond donors (Lipinski definition) is 1. The summed E-state index contributed by atoms with van der Waals surface area (Å²) in [5.74, 6) is 0.336. The van der Waals surface area contributed by atoms with Crippen LogP contribution in [0.25, 0.3) is 6.08 Å². The van der Waals surface area contributed by atoms with Gasteiger partial charge in [-0.15, -0.1) is 0 Å². The number of ether oxygens (including phenoxy) is 3. The van der Waals surface area contributed by atoms with Crippen molar-refractivity contribution in [2.24, 2.45) is 0 Å². The van der Waals surface area contributed by atoms with E-state index in [1.54, 1.807) is 18.2 Å². The van der Waals surface area contributed by atoms with Gasteiger partial charge in [0.05, 0.1) is 13.2 Å². The van der Waals surface area contributed by atoms with Crippen LogP contribution in [0.1, 0.15) is 25.0 Å². The molecule has 0 saturated heterocycles. The molecule has 0 aliphatic heterocycles. The van der Waals surface area contributed by atoms with Crippen molar-refractivity contribution in [3.63, 3.8) is 0 Å². The van der Waals surface area contributed by atoms with Crippen LogP contribution >= 0.6 is 23.2 Å². The molecule has 166 valence electrons. The van der Waals surface area contributed by atoms with Gasteiger partial charge in [0.2, 0.25) is 0 Å². The molecule has 6 nitrogen and oxygen atoms in total. The Bertz CT molecular complexity index is 930. The normalized spacial score (nSPS) is 10.7. The van der Waals surface area contributed by atoms with Crippen LogP contribution in [0.15, 0.2) is 42.5 Å². The Morgan fingerprint density at radius 2 is 1.74 bits per heavy atom. The summed E-state index contributed by atoms with van der Waals surface area (Å²) in [6.45, 7) is 4.93. The first-order chi connectivity index (χ1) is 14.9. The molecular weight excluding hydrogens is 441 g/mol. The number of carbonyl (C=O) groups excluding carboxylic acids is 2. The Balaban J connectivity index is 1.76. The Kier molecular flexibility index (Phi) is 10.2. The van der Waals surface area contributed by atoms with Crippen molar-refractivity contribution in [1.29, 1.82) is 0 Å². The summed E-state index contributed by atoms with van der Waals surface area (Å²) in [5.41, 5.74) is 1.61. The number of esters is 1. The minimum absolute atomic E-state index is 0.370. The number of benzene rings is 2. The SMILES string of the molecule is CCOc1ccc(CCNC(=O)COC(=O)/C=C/c2ccc(Cl)cc2Cl)cc1OCC. The molecule has 1 amide bonds. The molecule has 0 aliphatic rings. The Labute approximate surface area is 192 Å². The van der Waals surface area contributed by atoms with E-state index in [9.17, 15) is 9.59 Å². The molecule has 0 atom stereocenters. The highest BCUT2D eigenvalue weighted by atomic mass is 35.5. The predicted octanol–water partition coefficient (Wildman–Crippen LogP) is 4.71. The van der Waals surface area contributed by atoms with Gasteiger partial charge in [0, 0.05) is 22.7 Å². The second kappa shape index (κ2) is 12.9. The van der Waals surface area contributed by atoms with E-state index in [-0.39, 0.29) is 12.5 Å². The van der Waals surface area contributed by atoms with Crippen LogP contribution < -0.4 is 14.8 Å². The first-order valence-corrected chi connectivity index (χ1v) is 10.6. The molecule has 0 spiro atoms. The topological polar surface area (TPSA) is 73.9 Å². The molecule has 2 aromatic carbocycles. The first kappa shape index (κ1) is 24.6. The zero-order chi connectivity index (χ0) is 22.6. The lowest BCUT2D eigenvalue weighted by atomic mass is 10.1. The monoisotopic (exact) mass is 465 g/mol. The van der Waals surface area contributed by atoms with E-state index in [1.165, 1.54) is 12.2 Å². The minimum Gasteiger partial charge on any atom is -0.490 e. The number of halogens is 2. The molecule has 2 rings (SSSR count). The average Bonchev–Trinajstić information content (AvgIpc) is 2.73. The molecule has 0 saturated carbocycles. The van der Waals surface area contributed by atoms with E-state index in [1.807, 2.05) is 32.0 Å². The highest BCUT2D eigenvalue weighted by Crippen LogP contribution is 2.28. The zero-order valence-electron chi connectivity index (χ0n) is 17.5. The van der Waals surface area contributed by atoms with Gasteiger partial charge in [-0.3, -0.25) is 4.79 Å². The standard InChI is InChI=1S/C23H25Cl2NO5/c1-3-29-20-9-5-16(13-21(20)30-4-2)11-12-26-22(27)15-31-23(28)10-7-17-6-8-18(24)14-19(17)25/h5-10,13-14H,3-4,11-12,15H2,1-2H3,(H,26,27)/b10-7+. The first-order valence-electron chi connectivity index (χ1n) is 9.88. The minimum atomic E-state index is -0.644. The predicted molar refractivity (Wildman–Crippen MR) is 122 cm³/mol. The van der Waals surface area contributed by atoms with Gasteiger partial charge in [-0.1, -0.05) is 35.3 Å². The van der Waals surface area contributed by atoms with Crippen molar-refractivity contribution in [2.45, 2.75) is 20.3 Å². The van der Waals surface area contributed by atoms with Crippen molar-refractivity contribution in [3.05, 3.63) is 63.6 Å². The van der Waals surface area contributed by atoms with Crippen LogP contribution in [-0.2, 0) is 20.7 Å². The molecule has 8 heteroatoms. The molecule has 0 aliphatic carbocycles. The van der Waals surface area contributed by atoms with Gasteiger partial charge in [-0.05, 0) is 61.7 Å². The second-order valence-electron chi connectivity index (χ2n) is 6.35. The molecule has 2 aromatic rings. The van der Waals surface area contributed by atoms with Gasteiger partial charge in [0.1, 0.15) is 0 Å². The van der Waals surface area contributed by atoms with Crippen molar-refractivity contribution in [1.82, 2.24) is 5.32 Å². The van der Waals surface area contributed by atoms with E-state index in [4.69, 9.17) is 37.4 Å². The Hall–Kier alpha value is -2.70. The lowest BCUT2D eigenvalue weighted by Crippen LogP contribution is -2.30. The quantitative estimate of drug-likeness (QED) is 0.384. The number of hydrogen-bond acceptors (Lipinski definition) is 5. The molecule has 31 heavy (non-hydrogen) atoms. The van der Waals surface area contributed by atoms with Gasteiger partial charge in [-0.2, -0.15) is 0 Å². The van der Waals surface area contributed by atoms with Gasteiger partial charge >= 0.3 is 5.97 Å². The highest BCUT2D eigenvalue weighted by molar-refractivity contribution is 6.35. The van der Waals surface area contributed by atoms with E-state index < -0.39 is 5.97 Å². The lowest BCUT2D eigenvalue weighted by molar-refractivity contribution is -0.143. The second-order valence-corrected chi connectivity index (χ2v) is 7.20. The maximum atomic E-state index is 11.9. The highest BCUT2D eigenvalue weighted by Gasteiger charge is 2.08. The van der Waals surface area contributed by atoms with Gasteiger partial charge in [-0.25, -0.2) is 4.79 Å². The summed E-state index contributed by atoms with van der Waals surface area (Å²) in [6.07, 6.45) is 3.31. The summed E-state index contributed by atoms with van der Waals surface area (Å²) in [7, 11) is 0. The van der Waals surface area contributed by atoms with E-state index in [0.717, 1.165) is 5.56 Å². The van der Waals surface area contributed by atoms with Crippen LogP contribution in [0.2, 0.25) is 10.0 Å². The summed E-state index contributed by atoms with van der Waals surface area (Å²) >= 11 is 11.9. The number of amides is 1. The zero-order valence-corrected chi connectivity index (χ0v) is 19.0. The number of nitrogens with one attached hydrogen (secondary N) is 1. The van der Waals surface area contributed by atoms with Crippen molar-refractivity contribution < 1.29 is 23.8 Å². The molecule has 0 radical (unpaired) electrons. The maximum Gasteiger partial charge on any atom is 0.331 e. The van der Waals surface area contributed by atoms with Crippen molar-refractivity contribution >= 4 is 41.2 Å². The summed E-state index contributed by atoms with van der Waals surface area (Å²) in [5, 5.41) is 3.63. The molecule has 0 heterocycles. The van der Waals surface area contributed by atoms with Crippen LogP contribution in [0, 0.1) is 0 Å². The lowest BCUT2D eigenvalue weighted by Gasteiger charge is -2.12. The molecular formula is C23H25Cl2NO5. The largest absolute Gasteiger partial charge is 0.490 e. The van der Waals surface area contributed by atoms with Gasteiger partial charge < -0.3 is 19.5 Å². The fraction of sp³-hybridized carbons (Fsp3) is 0.304. The number of rotatable bonds is 11. The van der Waals surface area contributed by atoms with Gasteiger partial charge in [0.15, 0.2) is 18.1 Å². The van der Waals surface area contributed by atoms with Crippen molar-refractivity contribution in [2.75, 3.05) is 26.4 Å². The summed E-state index contributed by atoms with van der Waals surface area (Å²) in [6, 6.07) is 10.6. The van der Waals surface area contributed by atoms with Crippen LogP contribution in [0.5, 0.6) is 11.5 Å². The van der Waals surface area contributed by atoms with Crippen LogP contribution in [0.4, 0.5) is 0 Å². The van der Waals surface area contributed by atoms with Crippen molar-refractivity contribution in [3.8, 4) is 11.5 Å². The average molecular weight is 466 g/mol. The van der Waals surface area contributed by atoms with Crippen LogP contribution in [0.3, 0.4) is 0 Å². The third-order valence-electron chi connectivity index (χ3n) is 4.05. The summed E-state index contributed by atoms with van der Waals surface area (Å²) in [4.78, 5) is 23.7. The molecule has 1 N–H and O–H groups in total. The molecule has 0 unspecified atom stereocenters. The molecule has 0 aromatic heterocycles. The number of carbonyl (C=O) groups is 2.